The molecule has 3 rings (SSSR count). The fourth-order valence-corrected chi connectivity index (χ4v) is 3.01. The average molecular weight is 277 g/mol. The first kappa shape index (κ1) is 13.7. The van der Waals surface area contributed by atoms with E-state index in [1.54, 1.807) is 7.11 Å². The second kappa shape index (κ2) is 6.46. The van der Waals surface area contributed by atoms with Crippen molar-refractivity contribution in [1.29, 1.82) is 0 Å². The van der Waals surface area contributed by atoms with Gasteiger partial charge in [0.2, 0.25) is 0 Å². The summed E-state index contributed by atoms with van der Waals surface area (Å²) in [6, 6.07) is 6.53. The first-order chi connectivity index (χ1) is 9.88. The van der Waals surface area contributed by atoms with Gasteiger partial charge >= 0.3 is 0 Å². The highest BCUT2D eigenvalue weighted by molar-refractivity contribution is 5.48. The van der Waals surface area contributed by atoms with Crippen LogP contribution in [0.25, 0.3) is 0 Å². The Hall–Kier alpha value is -1.26. The molecule has 4 heteroatoms. The molecule has 20 heavy (non-hydrogen) atoms. The molecule has 2 heterocycles. The number of hydrogen-bond donors (Lipinski definition) is 1. The summed E-state index contributed by atoms with van der Waals surface area (Å²) in [7, 11) is 1.70. The van der Waals surface area contributed by atoms with E-state index in [4.69, 9.17) is 14.2 Å². The molecular formula is C16H23NO3. The van der Waals surface area contributed by atoms with Crippen molar-refractivity contribution < 1.29 is 14.2 Å². The molecule has 2 atom stereocenters. The van der Waals surface area contributed by atoms with Gasteiger partial charge in [0, 0.05) is 18.2 Å². The Labute approximate surface area is 120 Å². The zero-order valence-corrected chi connectivity index (χ0v) is 12.1. The summed E-state index contributed by atoms with van der Waals surface area (Å²) in [5.41, 5.74) is 1.22. The third-order valence-electron chi connectivity index (χ3n) is 4.07. The SMILES string of the molecule is COc1cccc(C2CCCN2)c1OC1CCCOC1. The number of hydrogen-bond acceptors (Lipinski definition) is 4. The van der Waals surface area contributed by atoms with Gasteiger partial charge in [-0.1, -0.05) is 12.1 Å². The predicted octanol–water partition coefficient (Wildman–Crippen LogP) is 2.68. The van der Waals surface area contributed by atoms with Crippen LogP contribution in [0.5, 0.6) is 11.5 Å². The highest BCUT2D eigenvalue weighted by Gasteiger charge is 2.25. The molecule has 0 aliphatic carbocycles. The second-order valence-electron chi connectivity index (χ2n) is 5.48. The van der Waals surface area contributed by atoms with Gasteiger partial charge in [-0.15, -0.1) is 0 Å². The van der Waals surface area contributed by atoms with Crippen LogP contribution in [0.15, 0.2) is 18.2 Å². The van der Waals surface area contributed by atoms with Crippen LogP contribution in [-0.4, -0.2) is 33.0 Å². The monoisotopic (exact) mass is 277 g/mol. The molecule has 0 bridgehead atoms. The zero-order chi connectivity index (χ0) is 13.8. The van der Waals surface area contributed by atoms with Gasteiger partial charge in [-0.3, -0.25) is 0 Å². The van der Waals surface area contributed by atoms with Crippen molar-refractivity contribution in [3.8, 4) is 11.5 Å². The van der Waals surface area contributed by atoms with Crippen molar-refractivity contribution in [3.05, 3.63) is 23.8 Å². The molecular weight excluding hydrogens is 254 g/mol. The molecule has 0 spiro atoms. The Balaban J connectivity index is 1.84. The fraction of sp³-hybridized carbons (Fsp3) is 0.625. The van der Waals surface area contributed by atoms with E-state index in [1.807, 2.05) is 12.1 Å². The molecule has 2 unspecified atom stereocenters. The standard InChI is InChI=1S/C16H23NO3/c1-18-15-8-2-6-13(14-7-3-9-17-14)16(15)20-12-5-4-10-19-11-12/h2,6,8,12,14,17H,3-5,7,9-11H2,1H3. The molecule has 2 saturated heterocycles. The number of para-hydroxylation sites is 1. The quantitative estimate of drug-likeness (QED) is 0.918. The van der Waals surface area contributed by atoms with Crippen molar-refractivity contribution in [1.82, 2.24) is 5.32 Å². The molecule has 1 aromatic carbocycles. The third-order valence-corrected chi connectivity index (χ3v) is 4.07. The van der Waals surface area contributed by atoms with Crippen LogP contribution in [0.4, 0.5) is 0 Å². The number of methoxy groups -OCH3 is 1. The maximum atomic E-state index is 6.23. The molecule has 4 nitrogen and oxygen atoms in total. The lowest BCUT2D eigenvalue weighted by atomic mass is 10.0. The summed E-state index contributed by atoms with van der Waals surface area (Å²) in [5.74, 6) is 1.71. The van der Waals surface area contributed by atoms with Crippen molar-refractivity contribution in [3.63, 3.8) is 0 Å². The van der Waals surface area contributed by atoms with E-state index in [-0.39, 0.29) is 6.10 Å². The highest BCUT2D eigenvalue weighted by atomic mass is 16.5. The minimum Gasteiger partial charge on any atom is -0.493 e. The smallest absolute Gasteiger partial charge is 0.166 e. The van der Waals surface area contributed by atoms with Crippen LogP contribution >= 0.6 is 0 Å². The van der Waals surface area contributed by atoms with Crippen LogP contribution in [0.2, 0.25) is 0 Å². The van der Waals surface area contributed by atoms with Gasteiger partial charge in [-0.25, -0.2) is 0 Å². The van der Waals surface area contributed by atoms with Crippen molar-refractivity contribution >= 4 is 0 Å². The second-order valence-corrected chi connectivity index (χ2v) is 5.48. The zero-order valence-electron chi connectivity index (χ0n) is 12.1. The van der Waals surface area contributed by atoms with E-state index in [9.17, 15) is 0 Å². The Morgan fingerprint density at radius 3 is 2.90 bits per heavy atom. The molecule has 1 aromatic rings. The number of rotatable bonds is 4. The van der Waals surface area contributed by atoms with E-state index in [0.29, 0.717) is 12.6 Å². The highest BCUT2D eigenvalue weighted by Crippen LogP contribution is 2.38. The third kappa shape index (κ3) is 2.91. The van der Waals surface area contributed by atoms with Gasteiger partial charge in [-0.05, 0) is 38.3 Å². The molecule has 2 fully saturated rings. The average Bonchev–Trinajstić information content (AvgIpc) is 3.02. The molecule has 2 aliphatic rings. The lowest BCUT2D eigenvalue weighted by molar-refractivity contribution is 0.00585. The summed E-state index contributed by atoms with van der Waals surface area (Å²) in [6.45, 7) is 2.60. The Kier molecular flexibility index (Phi) is 4.43. The van der Waals surface area contributed by atoms with Crippen LogP contribution in [0, 0.1) is 0 Å². The largest absolute Gasteiger partial charge is 0.493 e. The van der Waals surface area contributed by atoms with Gasteiger partial charge in [0.25, 0.3) is 0 Å². The lowest BCUT2D eigenvalue weighted by Crippen LogP contribution is -2.29. The van der Waals surface area contributed by atoms with E-state index < -0.39 is 0 Å². The Morgan fingerprint density at radius 1 is 1.25 bits per heavy atom. The van der Waals surface area contributed by atoms with Crippen LogP contribution < -0.4 is 14.8 Å². The van der Waals surface area contributed by atoms with E-state index in [2.05, 4.69) is 11.4 Å². The Morgan fingerprint density at radius 2 is 2.20 bits per heavy atom. The summed E-state index contributed by atoms with van der Waals surface area (Å²) in [5, 5.41) is 3.54. The molecule has 1 N–H and O–H groups in total. The van der Waals surface area contributed by atoms with Crippen molar-refractivity contribution in [2.75, 3.05) is 26.9 Å². The van der Waals surface area contributed by atoms with Crippen LogP contribution in [0.1, 0.15) is 37.3 Å². The lowest BCUT2D eigenvalue weighted by Gasteiger charge is -2.26. The number of benzene rings is 1. The summed E-state index contributed by atoms with van der Waals surface area (Å²) >= 11 is 0. The van der Waals surface area contributed by atoms with Gasteiger partial charge in [0.1, 0.15) is 6.10 Å². The maximum Gasteiger partial charge on any atom is 0.166 e. The van der Waals surface area contributed by atoms with Crippen molar-refractivity contribution in [2.45, 2.75) is 37.8 Å². The molecule has 0 aromatic heterocycles. The summed E-state index contributed by atoms with van der Waals surface area (Å²) in [6.07, 6.45) is 4.63. The van der Waals surface area contributed by atoms with Gasteiger partial charge in [0.15, 0.2) is 11.5 Å². The van der Waals surface area contributed by atoms with E-state index >= 15 is 0 Å². The van der Waals surface area contributed by atoms with Gasteiger partial charge in [-0.2, -0.15) is 0 Å². The number of nitrogens with one attached hydrogen (secondary N) is 1. The molecule has 0 amide bonds. The van der Waals surface area contributed by atoms with Crippen LogP contribution in [0.3, 0.4) is 0 Å². The van der Waals surface area contributed by atoms with Crippen LogP contribution in [-0.2, 0) is 4.74 Å². The van der Waals surface area contributed by atoms with Gasteiger partial charge < -0.3 is 19.5 Å². The summed E-state index contributed by atoms with van der Waals surface area (Å²) < 4.78 is 17.2. The first-order valence-electron chi connectivity index (χ1n) is 7.53. The molecule has 110 valence electrons. The first-order valence-corrected chi connectivity index (χ1v) is 7.53. The molecule has 0 saturated carbocycles. The van der Waals surface area contributed by atoms with Gasteiger partial charge in [0.05, 0.1) is 13.7 Å². The Bertz CT molecular complexity index is 437. The predicted molar refractivity (Wildman–Crippen MR) is 77.4 cm³/mol. The maximum absolute atomic E-state index is 6.23. The minimum absolute atomic E-state index is 0.139. The van der Waals surface area contributed by atoms with E-state index in [1.165, 1.54) is 12.0 Å². The normalized spacial score (nSPS) is 26.4. The molecule has 0 radical (unpaired) electrons. The van der Waals surface area contributed by atoms with E-state index in [0.717, 1.165) is 43.9 Å². The number of ether oxygens (including phenoxy) is 3. The van der Waals surface area contributed by atoms with Crippen molar-refractivity contribution in [2.24, 2.45) is 0 Å². The molecule has 2 aliphatic heterocycles. The topological polar surface area (TPSA) is 39.7 Å². The fourth-order valence-electron chi connectivity index (χ4n) is 3.01. The summed E-state index contributed by atoms with van der Waals surface area (Å²) in [4.78, 5) is 0. The minimum atomic E-state index is 0.139.